The summed E-state index contributed by atoms with van der Waals surface area (Å²) < 4.78 is 0. The molecule has 1 aromatic carbocycles. The van der Waals surface area contributed by atoms with Crippen LogP contribution in [0.2, 0.25) is 0 Å². The summed E-state index contributed by atoms with van der Waals surface area (Å²) >= 11 is 0. The van der Waals surface area contributed by atoms with Crippen LogP contribution in [0.3, 0.4) is 0 Å². The molecule has 1 saturated carbocycles. The monoisotopic (exact) mass is 317 g/mol. The third-order valence-electron chi connectivity index (χ3n) is 4.27. The van der Waals surface area contributed by atoms with Crippen molar-refractivity contribution in [2.24, 2.45) is 10.9 Å². The number of rotatable bonds is 3. The summed E-state index contributed by atoms with van der Waals surface area (Å²) in [5, 5.41) is 25.5. The topological polar surface area (TPSA) is 98.5 Å². The van der Waals surface area contributed by atoms with Gasteiger partial charge in [-0.1, -0.05) is 42.8 Å². The van der Waals surface area contributed by atoms with Crippen molar-refractivity contribution in [3.8, 4) is 5.69 Å². The number of hydrogen-bond donors (Lipinski definition) is 1. The summed E-state index contributed by atoms with van der Waals surface area (Å²) in [5.74, 6) is -0.0995. The van der Waals surface area contributed by atoms with Crippen molar-refractivity contribution < 1.29 is 10.1 Å². The second kappa shape index (κ2) is 6.23. The van der Waals surface area contributed by atoms with Gasteiger partial charge >= 0.3 is 5.82 Å². The number of hydrogen-bond acceptors (Lipinski definition) is 5. The summed E-state index contributed by atoms with van der Waals surface area (Å²) in [6, 6.07) is 8.73. The number of aromatic nitrogens is 3. The minimum absolute atomic E-state index is 0.0331. The minimum Gasteiger partial charge on any atom is -0.409 e. The van der Waals surface area contributed by atoms with E-state index in [9.17, 15) is 15.3 Å². The molecule has 0 amide bonds. The Balaban J connectivity index is 2.12. The molecule has 0 spiro atoms. The van der Waals surface area contributed by atoms with Crippen LogP contribution in [0.25, 0.3) is 5.69 Å². The molecule has 1 aliphatic rings. The summed E-state index contributed by atoms with van der Waals surface area (Å²) in [5.41, 5.74) is 0.425. The van der Waals surface area contributed by atoms with Crippen LogP contribution in [0.1, 0.15) is 32.6 Å². The molecular formula is C15H19N5O3. The first-order chi connectivity index (χ1) is 11.1. The fourth-order valence-corrected chi connectivity index (χ4v) is 2.96. The summed E-state index contributed by atoms with van der Waals surface area (Å²) in [6.07, 6.45) is 4.11. The molecule has 1 aliphatic carbocycles. The lowest BCUT2D eigenvalue weighted by Gasteiger charge is -2.24. The number of nitro groups is 1. The quantitative estimate of drug-likeness (QED) is 0.533. The Morgan fingerprint density at radius 3 is 2.65 bits per heavy atom. The molecule has 8 nitrogen and oxygen atoms in total. The molecule has 8 heteroatoms. The van der Waals surface area contributed by atoms with Crippen LogP contribution in [0, 0.1) is 16.0 Å². The predicted molar refractivity (Wildman–Crippen MR) is 82.4 cm³/mol. The van der Waals surface area contributed by atoms with Crippen LogP contribution < -0.4 is 5.49 Å². The lowest BCUT2D eigenvalue weighted by atomic mass is 9.86. The molecule has 1 fully saturated rings. The third-order valence-corrected chi connectivity index (χ3v) is 4.27. The van der Waals surface area contributed by atoms with E-state index >= 15 is 0 Å². The molecule has 3 rings (SSSR count). The van der Waals surface area contributed by atoms with Crippen molar-refractivity contribution in [3.63, 3.8) is 0 Å². The smallest absolute Gasteiger partial charge is 0.409 e. The van der Waals surface area contributed by atoms with E-state index < -0.39 is 10.7 Å². The van der Waals surface area contributed by atoms with E-state index in [1.54, 1.807) is 24.3 Å². The first-order valence-electron chi connectivity index (χ1n) is 7.73. The van der Waals surface area contributed by atoms with Gasteiger partial charge in [-0.3, -0.25) is 4.99 Å². The normalized spacial score (nSPS) is 22.2. The molecule has 122 valence electrons. The highest BCUT2D eigenvalue weighted by molar-refractivity contribution is 5.29. The molecule has 0 bridgehead atoms. The molecule has 2 aromatic rings. The van der Waals surface area contributed by atoms with Gasteiger partial charge in [0.1, 0.15) is 5.69 Å². The van der Waals surface area contributed by atoms with Gasteiger partial charge in [-0.05, 0) is 40.6 Å². The first-order valence-corrected chi connectivity index (χ1v) is 7.73. The molecule has 1 heterocycles. The minimum atomic E-state index is -0.613. The standard InChI is InChI=1S/C15H19N5O3/c1-11-7-5-6-10-13(11)16-14-15(20(22)23)17-18(19(14)21)12-8-3-2-4-9-12/h2-4,8-9,11,13,21H,5-7,10H2,1H3/t11-,13+/m1/s1. The SMILES string of the molecule is C[C@@H]1CCCC[C@@H]1N=c1c([N+](=O)[O-])nn(-c2ccccc2)n1O. The Morgan fingerprint density at radius 1 is 1.30 bits per heavy atom. The Labute approximate surface area is 132 Å². The van der Waals surface area contributed by atoms with Crippen LogP contribution in [0.4, 0.5) is 5.82 Å². The van der Waals surface area contributed by atoms with Crippen molar-refractivity contribution in [2.45, 2.75) is 38.6 Å². The maximum Gasteiger partial charge on any atom is 0.438 e. The number of nitrogens with zero attached hydrogens (tertiary/aromatic N) is 5. The Hall–Kier alpha value is -2.64. The second-order valence-corrected chi connectivity index (χ2v) is 5.88. The maximum atomic E-state index is 11.3. The van der Waals surface area contributed by atoms with E-state index in [1.165, 1.54) is 0 Å². The Morgan fingerprint density at radius 2 is 2.00 bits per heavy atom. The van der Waals surface area contributed by atoms with E-state index in [4.69, 9.17) is 0 Å². The van der Waals surface area contributed by atoms with Crippen molar-refractivity contribution in [1.82, 2.24) is 14.7 Å². The van der Waals surface area contributed by atoms with Gasteiger partial charge in [0.15, 0.2) is 0 Å². The number of benzene rings is 1. The van der Waals surface area contributed by atoms with Crippen LogP contribution >= 0.6 is 0 Å². The zero-order chi connectivity index (χ0) is 16.4. The second-order valence-electron chi connectivity index (χ2n) is 5.88. The largest absolute Gasteiger partial charge is 0.438 e. The van der Waals surface area contributed by atoms with Crippen LogP contribution in [0.5, 0.6) is 0 Å². The predicted octanol–water partition coefficient (Wildman–Crippen LogP) is 2.30. The van der Waals surface area contributed by atoms with Crippen molar-refractivity contribution >= 4 is 5.82 Å². The Bertz CT molecular complexity index is 765. The molecule has 0 aliphatic heterocycles. The lowest BCUT2D eigenvalue weighted by molar-refractivity contribution is -0.391. The van der Waals surface area contributed by atoms with Crippen molar-refractivity contribution in [2.75, 3.05) is 0 Å². The molecule has 2 atom stereocenters. The zero-order valence-corrected chi connectivity index (χ0v) is 12.9. The van der Waals surface area contributed by atoms with Gasteiger partial charge in [0.25, 0.3) is 5.49 Å². The maximum absolute atomic E-state index is 11.3. The van der Waals surface area contributed by atoms with Gasteiger partial charge in [-0.2, -0.15) is 0 Å². The number of para-hydroxylation sites is 1. The average Bonchev–Trinajstić information content (AvgIpc) is 2.88. The van der Waals surface area contributed by atoms with Gasteiger partial charge in [0.2, 0.25) is 0 Å². The Kier molecular flexibility index (Phi) is 4.14. The highest BCUT2D eigenvalue weighted by atomic mass is 16.6. The molecule has 0 radical (unpaired) electrons. The van der Waals surface area contributed by atoms with E-state index in [-0.39, 0.29) is 11.5 Å². The zero-order valence-electron chi connectivity index (χ0n) is 12.9. The highest BCUT2D eigenvalue weighted by Crippen LogP contribution is 2.26. The fraction of sp³-hybridized carbons (Fsp3) is 0.467. The molecule has 0 saturated heterocycles. The summed E-state index contributed by atoms with van der Waals surface area (Å²) in [7, 11) is 0. The van der Waals surface area contributed by atoms with Gasteiger partial charge in [0.05, 0.1) is 11.1 Å². The molecule has 1 N–H and O–H groups in total. The first kappa shape index (κ1) is 15.3. The van der Waals surface area contributed by atoms with Crippen molar-refractivity contribution in [1.29, 1.82) is 0 Å². The van der Waals surface area contributed by atoms with Crippen molar-refractivity contribution in [3.05, 3.63) is 45.9 Å². The highest BCUT2D eigenvalue weighted by Gasteiger charge is 2.27. The fourth-order valence-electron chi connectivity index (χ4n) is 2.96. The molecule has 0 unspecified atom stereocenters. The third kappa shape index (κ3) is 2.96. The summed E-state index contributed by atoms with van der Waals surface area (Å²) in [6.45, 7) is 2.09. The van der Waals surface area contributed by atoms with Gasteiger partial charge in [-0.15, -0.1) is 0 Å². The van der Waals surface area contributed by atoms with E-state index in [0.717, 1.165) is 30.5 Å². The van der Waals surface area contributed by atoms with Crippen LogP contribution in [-0.2, 0) is 0 Å². The average molecular weight is 317 g/mol. The van der Waals surface area contributed by atoms with Gasteiger partial charge in [-0.25, -0.2) is 0 Å². The van der Waals surface area contributed by atoms with E-state index in [1.807, 2.05) is 6.07 Å². The van der Waals surface area contributed by atoms with Crippen LogP contribution in [0.15, 0.2) is 35.3 Å². The van der Waals surface area contributed by atoms with Gasteiger partial charge in [0, 0.05) is 0 Å². The van der Waals surface area contributed by atoms with E-state index in [0.29, 0.717) is 16.5 Å². The van der Waals surface area contributed by atoms with Gasteiger partial charge < -0.3 is 15.3 Å². The molecule has 23 heavy (non-hydrogen) atoms. The van der Waals surface area contributed by atoms with E-state index in [2.05, 4.69) is 17.0 Å². The molecular weight excluding hydrogens is 298 g/mol. The summed E-state index contributed by atoms with van der Waals surface area (Å²) in [4.78, 5) is 16.9. The lowest BCUT2D eigenvalue weighted by Crippen LogP contribution is -2.28. The van der Waals surface area contributed by atoms with Crippen LogP contribution in [-0.4, -0.2) is 30.9 Å². The molecule has 1 aromatic heterocycles.